The van der Waals surface area contributed by atoms with Gasteiger partial charge in [-0.15, -0.1) is 0 Å². The predicted octanol–water partition coefficient (Wildman–Crippen LogP) is 3.45. The molecule has 1 unspecified atom stereocenters. The second-order valence-corrected chi connectivity index (χ2v) is 5.70. The molecule has 1 rings (SSSR count). The summed E-state index contributed by atoms with van der Waals surface area (Å²) in [5, 5.41) is 10.0. The summed E-state index contributed by atoms with van der Waals surface area (Å²) in [6, 6.07) is 6.78. The first-order chi connectivity index (χ1) is 8.36. The molecule has 0 saturated carbocycles. The highest BCUT2D eigenvalue weighted by Crippen LogP contribution is 2.24. The lowest BCUT2D eigenvalue weighted by Gasteiger charge is -2.30. The van der Waals surface area contributed by atoms with Crippen molar-refractivity contribution in [3.63, 3.8) is 0 Å². The third-order valence-electron chi connectivity index (χ3n) is 3.25. The van der Waals surface area contributed by atoms with E-state index in [0.717, 1.165) is 6.54 Å². The van der Waals surface area contributed by atoms with Gasteiger partial charge in [0.05, 0.1) is 11.8 Å². The molecule has 3 heteroatoms. The summed E-state index contributed by atoms with van der Waals surface area (Å²) in [6.07, 6.45) is 0.268. The summed E-state index contributed by atoms with van der Waals surface area (Å²) in [6.45, 7) is 9.43. The lowest BCUT2D eigenvalue weighted by Crippen LogP contribution is -2.33. The van der Waals surface area contributed by atoms with Gasteiger partial charge in [0.25, 0.3) is 0 Å². The molecule has 1 aromatic carbocycles. The third kappa shape index (κ3) is 3.98. The first-order valence-electron chi connectivity index (χ1n) is 6.53. The number of anilines is 1. The van der Waals surface area contributed by atoms with Crippen molar-refractivity contribution in [3.8, 4) is 0 Å². The van der Waals surface area contributed by atoms with Crippen LogP contribution < -0.4 is 4.90 Å². The van der Waals surface area contributed by atoms with Gasteiger partial charge < -0.3 is 10.0 Å². The number of nitrogens with zero attached hydrogens (tertiary/aromatic N) is 1. The highest BCUT2D eigenvalue weighted by Gasteiger charge is 2.22. The Bertz CT molecular complexity index is 373. The fourth-order valence-corrected chi connectivity index (χ4v) is 1.87. The maximum absolute atomic E-state index is 13.7. The summed E-state index contributed by atoms with van der Waals surface area (Å²) < 4.78 is 13.7. The van der Waals surface area contributed by atoms with Crippen LogP contribution in [0.25, 0.3) is 0 Å². The maximum atomic E-state index is 13.7. The molecule has 102 valence electrons. The fourth-order valence-electron chi connectivity index (χ4n) is 1.87. The van der Waals surface area contributed by atoms with Crippen LogP contribution >= 0.6 is 0 Å². The lowest BCUT2D eigenvalue weighted by atomic mass is 9.87. The van der Waals surface area contributed by atoms with Gasteiger partial charge in [0.1, 0.15) is 5.82 Å². The summed E-state index contributed by atoms with van der Waals surface area (Å²) >= 11 is 0. The van der Waals surface area contributed by atoms with Gasteiger partial charge in [-0.1, -0.05) is 32.9 Å². The lowest BCUT2D eigenvalue weighted by molar-refractivity contribution is 0.0574. The molecule has 0 spiro atoms. The van der Waals surface area contributed by atoms with Crippen LogP contribution in [-0.2, 0) is 0 Å². The summed E-state index contributed by atoms with van der Waals surface area (Å²) in [4.78, 5) is 1.96. The van der Waals surface area contributed by atoms with Gasteiger partial charge in [-0.05, 0) is 30.9 Å². The molecule has 0 bridgehead atoms. The van der Waals surface area contributed by atoms with Gasteiger partial charge in [-0.2, -0.15) is 0 Å². The van der Waals surface area contributed by atoms with Crippen molar-refractivity contribution < 1.29 is 9.50 Å². The largest absolute Gasteiger partial charge is 0.393 e. The fraction of sp³-hybridized carbons (Fsp3) is 0.600. The summed E-state index contributed by atoms with van der Waals surface area (Å²) in [5.41, 5.74) is 0.482. The third-order valence-corrected chi connectivity index (χ3v) is 3.25. The Labute approximate surface area is 109 Å². The molecule has 1 atom stereocenters. The smallest absolute Gasteiger partial charge is 0.146 e. The highest BCUT2D eigenvalue weighted by molar-refractivity contribution is 5.47. The highest BCUT2D eigenvalue weighted by atomic mass is 19.1. The normalized spacial score (nSPS) is 13.4. The van der Waals surface area contributed by atoms with Crippen molar-refractivity contribution in [2.75, 3.05) is 18.0 Å². The van der Waals surface area contributed by atoms with Crippen LogP contribution in [0.4, 0.5) is 10.1 Å². The number of para-hydroxylation sites is 1. The Morgan fingerprint density at radius 3 is 2.39 bits per heavy atom. The zero-order chi connectivity index (χ0) is 13.8. The molecule has 0 aliphatic carbocycles. The van der Waals surface area contributed by atoms with E-state index in [0.29, 0.717) is 18.7 Å². The molecule has 0 radical (unpaired) electrons. The molecule has 0 fully saturated rings. The SMILES string of the molecule is CCN(CCC(O)C(C)(C)C)c1ccccc1F. The van der Waals surface area contributed by atoms with Crippen LogP contribution in [0.1, 0.15) is 34.1 Å². The van der Waals surface area contributed by atoms with Crippen molar-refractivity contribution in [1.29, 1.82) is 0 Å². The van der Waals surface area contributed by atoms with Crippen LogP contribution in [0.2, 0.25) is 0 Å². The van der Waals surface area contributed by atoms with Crippen LogP contribution in [0.3, 0.4) is 0 Å². The average molecular weight is 253 g/mol. The molecule has 0 heterocycles. The molecule has 1 aromatic rings. The molecule has 2 nitrogen and oxygen atoms in total. The molecule has 0 saturated heterocycles. The van der Waals surface area contributed by atoms with E-state index in [4.69, 9.17) is 0 Å². The van der Waals surface area contributed by atoms with Gasteiger partial charge in [-0.25, -0.2) is 4.39 Å². The summed E-state index contributed by atoms with van der Waals surface area (Å²) in [5.74, 6) is -0.204. The molecule has 0 amide bonds. The van der Waals surface area contributed by atoms with E-state index in [1.807, 2.05) is 38.7 Å². The predicted molar refractivity (Wildman–Crippen MR) is 74.4 cm³/mol. The Kier molecular flexibility index (Phi) is 5.15. The minimum Gasteiger partial charge on any atom is -0.393 e. The van der Waals surface area contributed by atoms with Gasteiger partial charge in [0.15, 0.2) is 0 Å². The van der Waals surface area contributed by atoms with E-state index in [1.54, 1.807) is 12.1 Å². The number of aliphatic hydroxyl groups excluding tert-OH is 1. The Morgan fingerprint density at radius 1 is 1.28 bits per heavy atom. The van der Waals surface area contributed by atoms with Crippen LogP contribution in [0, 0.1) is 11.2 Å². The first-order valence-corrected chi connectivity index (χ1v) is 6.53. The number of rotatable bonds is 5. The minimum atomic E-state index is -0.377. The minimum absolute atomic E-state index is 0.130. The monoisotopic (exact) mass is 253 g/mol. The molecule has 18 heavy (non-hydrogen) atoms. The van der Waals surface area contributed by atoms with Crippen molar-refractivity contribution in [2.45, 2.75) is 40.2 Å². The molecular weight excluding hydrogens is 229 g/mol. The average Bonchev–Trinajstić information content (AvgIpc) is 2.30. The van der Waals surface area contributed by atoms with Crippen molar-refractivity contribution in [2.24, 2.45) is 5.41 Å². The second kappa shape index (κ2) is 6.19. The van der Waals surface area contributed by atoms with E-state index >= 15 is 0 Å². The van der Waals surface area contributed by atoms with E-state index < -0.39 is 0 Å². The van der Waals surface area contributed by atoms with Gasteiger partial charge >= 0.3 is 0 Å². The van der Waals surface area contributed by atoms with Gasteiger partial charge in [-0.3, -0.25) is 0 Å². The number of halogens is 1. The Hall–Kier alpha value is -1.09. The van der Waals surface area contributed by atoms with Gasteiger partial charge in [0, 0.05) is 13.1 Å². The Balaban J connectivity index is 2.67. The van der Waals surface area contributed by atoms with Crippen LogP contribution in [0.5, 0.6) is 0 Å². The van der Waals surface area contributed by atoms with Gasteiger partial charge in [0.2, 0.25) is 0 Å². The van der Waals surface area contributed by atoms with Crippen molar-refractivity contribution in [1.82, 2.24) is 0 Å². The molecule has 1 N–H and O–H groups in total. The Morgan fingerprint density at radius 2 is 1.89 bits per heavy atom. The van der Waals surface area contributed by atoms with E-state index in [1.165, 1.54) is 6.07 Å². The molecule has 0 aromatic heterocycles. The zero-order valence-corrected chi connectivity index (χ0v) is 11.8. The van der Waals surface area contributed by atoms with Crippen molar-refractivity contribution >= 4 is 5.69 Å². The number of hydrogen-bond donors (Lipinski definition) is 1. The van der Waals surface area contributed by atoms with Crippen LogP contribution in [0.15, 0.2) is 24.3 Å². The topological polar surface area (TPSA) is 23.5 Å². The second-order valence-electron chi connectivity index (χ2n) is 5.70. The standard InChI is InChI=1S/C15H24FNO/c1-5-17(11-10-14(18)15(2,3)4)13-9-7-6-8-12(13)16/h6-9,14,18H,5,10-11H2,1-4H3. The quantitative estimate of drug-likeness (QED) is 0.868. The van der Waals surface area contributed by atoms with Crippen LogP contribution in [-0.4, -0.2) is 24.3 Å². The van der Waals surface area contributed by atoms with E-state index in [9.17, 15) is 9.50 Å². The number of aliphatic hydroxyl groups is 1. The van der Waals surface area contributed by atoms with E-state index in [2.05, 4.69) is 0 Å². The molecule has 0 aliphatic rings. The molecule has 0 aliphatic heterocycles. The number of benzene rings is 1. The molecular formula is C15H24FNO. The number of hydrogen-bond acceptors (Lipinski definition) is 2. The maximum Gasteiger partial charge on any atom is 0.146 e. The van der Waals surface area contributed by atoms with Crippen molar-refractivity contribution in [3.05, 3.63) is 30.1 Å². The zero-order valence-electron chi connectivity index (χ0n) is 11.8. The summed E-state index contributed by atoms with van der Waals surface area (Å²) in [7, 11) is 0. The first kappa shape index (κ1) is 15.0. The van der Waals surface area contributed by atoms with E-state index in [-0.39, 0.29) is 17.3 Å².